The van der Waals surface area contributed by atoms with Crippen molar-refractivity contribution in [3.8, 4) is 5.75 Å². The van der Waals surface area contributed by atoms with E-state index in [0.717, 1.165) is 12.8 Å². The first-order valence-corrected chi connectivity index (χ1v) is 12.1. The van der Waals surface area contributed by atoms with Gasteiger partial charge in [0.1, 0.15) is 11.6 Å². The molecule has 1 saturated carbocycles. The predicted molar refractivity (Wildman–Crippen MR) is 127 cm³/mol. The van der Waals surface area contributed by atoms with Crippen LogP contribution in [0.3, 0.4) is 0 Å². The van der Waals surface area contributed by atoms with E-state index < -0.39 is 5.41 Å². The molecule has 0 spiro atoms. The van der Waals surface area contributed by atoms with Gasteiger partial charge in [0.25, 0.3) is 0 Å². The highest BCUT2D eigenvalue weighted by molar-refractivity contribution is 6.11. The fourth-order valence-corrected chi connectivity index (χ4v) is 5.15. The van der Waals surface area contributed by atoms with E-state index in [0.29, 0.717) is 30.0 Å². The lowest BCUT2D eigenvalue weighted by Crippen LogP contribution is -2.53. The summed E-state index contributed by atoms with van der Waals surface area (Å²) in [4.78, 5) is 57.2. The zero-order valence-corrected chi connectivity index (χ0v) is 20.1. The smallest absolute Gasteiger partial charge is 0.242 e. The van der Waals surface area contributed by atoms with Crippen LogP contribution in [0.15, 0.2) is 48.5 Å². The van der Waals surface area contributed by atoms with Crippen molar-refractivity contribution < 1.29 is 28.3 Å². The van der Waals surface area contributed by atoms with E-state index in [-0.39, 0.29) is 61.4 Å². The highest BCUT2D eigenvalue weighted by Gasteiger charge is 2.57. The van der Waals surface area contributed by atoms with Crippen LogP contribution >= 0.6 is 0 Å². The molecule has 2 aliphatic heterocycles. The monoisotopic (exact) mass is 493 g/mol. The highest BCUT2D eigenvalue weighted by atomic mass is 19.1. The van der Waals surface area contributed by atoms with E-state index in [1.807, 2.05) is 0 Å². The van der Waals surface area contributed by atoms with Gasteiger partial charge in [0, 0.05) is 38.5 Å². The van der Waals surface area contributed by atoms with E-state index >= 15 is 0 Å². The van der Waals surface area contributed by atoms with Crippen molar-refractivity contribution >= 4 is 23.6 Å². The maximum absolute atomic E-state index is 13.6. The number of imide groups is 1. The molecule has 0 radical (unpaired) electrons. The summed E-state index contributed by atoms with van der Waals surface area (Å²) < 4.78 is 18.7. The van der Waals surface area contributed by atoms with E-state index in [9.17, 15) is 23.6 Å². The summed E-state index contributed by atoms with van der Waals surface area (Å²) in [6.07, 6.45) is 1.30. The van der Waals surface area contributed by atoms with Crippen LogP contribution in [0.25, 0.3) is 0 Å². The van der Waals surface area contributed by atoms with Gasteiger partial charge in [0.05, 0.1) is 19.1 Å². The molecule has 2 saturated heterocycles. The number of hydrogen-bond donors (Lipinski definition) is 0. The zero-order chi connectivity index (χ0) is 25.4. The Kier molecular flexibility index (Phi) is 6.24. The Morgan fingerprint density at radius 2 is 1.81 bits per heavy atom. The van der Waals surface area contributed by atoms with Crippen LogP contribution in [-0.2, 0) is 31.1 Å². The third-order valence-electron chi connectivity index (χ3n) is 7.29. The summed E-state index contributed by atoms with van der Waals surface area (Å²) in [5.74, 6) is -0.953. The summed E-state index contributed by atoms with van der Waals surface area (Å²) in [6, 6.07) is 12.9. The van der Waals surface area contributed by atoms with Gasteiger partial charge in [0.15, 0.2) is 0 Å². The number of methoxy groups -OCH3 is 1. The Balaban J connectivity index is 1.33. The normalized spacial score (nSPS) is 22.4. The minimum absolute atomic E-state index is 0.0755. The fraction of sp³-hybridized carbons (Fsp3) is 0.407. The summed E-state index contributed by atoms with van der Waals surface area (Å²) >= 11 is 0. The average Bonchev–Trinajstić information content (AvgIpc) is 3.66. The minimum atomic E-state index is -1.30. The second-order valence-corrected chi connectivity index (χ2v) is 9.72. The first-order valence-electron chi connectivity index (χ1n) is 12.1. The van der Waals surface area contributed by atoms with E-state index in [1.54, 1.807) is 48.4 Å². The highest BCUT2D eigenvalue weighted by Crippen LogP contribution is 2.44. The van der Waals surface area contributed by atoms with E-state index in [2.05, 4.69) is 0 Å². The molecule has 3 aliphatic rings. The van der Waals surface area contributed by atoms with Crippen LogP contribution < -0.4 is 4.74 Å². The molecule has 8 nitrogen and oxygen atoms in total. The molecule has 0 bridgehead atoms. The molecular formula is C27H28FN3O5. The standard InChI is InChI=1S/C27H28FN3O5/c1-36-22-9-5-19(6-10-22)27(15-24(33)31(26(27)35)21-7-8-21)14-23(32)30-12-11-29(25(34)17-30)16-18-3-2-4-20(28)13-18/h2-6,9-10,13,21H,7-8,11-12,14-17H2,1H3/t27-/m0/s1. The van der Waals surface area contributed by atoms with Crippen LogP contribution in [0.2, 0.25) is 0 Å². The maximum Gasteiger partial charge on any atom is 0.242 e. The topological polar surface area (TPSA) is 87.2 Å². The van der Waals surface area contributed by atoms with Crippen molar-refractivity contribution in [1.82, 2.24) is 14.7 Å². The summed E-state index contributed by atoms with van der Waals surface area (Å²) in [6.45, 7) is 0.740. The molecule has 9 heteroatoms. The van der Waals surface area contributed by atoms with Crippen LogP contribution in [0.1, 0.15) is 36.8 Å². The Labute approximate surface area is 208 Å². The van der Waals surface area contributed by atoms with Gasteiger partial charge < -0.3 is 14.5 Å². The lowest BCUT2D eigenvalue weighted by Gasteiger charge is -2.36. The molecule has 36 heavy (non-hydrogen) atoms. The number of ether oxygens (including phenoxy) is 1. The molecule has 1 aliphatic carbocycles. The largest absolute Gasteiger partial charge is 0.497 e. The van der Waals surface area contributed by atoms with Gasteiger partial charge in [-0.15, -0.1) is 0 Å². The van der Waals surface area contributed by atoms with Gasteiger partial charge in [-0.2, -0.15) is 0 Å². The molecule has 3 fully saturated rings. The number of hydrogen-bond acceptors (Lipinski definition) is 5. The fourth-order valence-electron chi connectivity index (χ4n) is 5.15. The van der Waals surface area contributed by atoms with E-state index in [1.165, 1.54) is 21.9 Å². The number of piperazine rings is 1. The number of nitrogens with zero attached hydrogens (tertiary/aromatic N) is 3. The number of rotatable bonds is 7. The van der Waals surface area contributed by atoms with Crippen molar-refractivity contribution in [2.24, 2.45) is 0 Å². The third-order valence-corrected chi connectivity index (χ3v) is 7.29. The first kappa shape index (κ1) is 24.0. The first-order chi connectivity index (χ1) is 17.3. The van der Waals surface area contributed by atoms with Crippen molar-refractivity contribution in [3.63, 3.8) is 0 Å². The lowest BCUT2D eigenvalue weighted by molar-refractivity contribution is -0.148. The van der Waals surface area contributed by atoms with Crippen LogP contribution in [0.4, 0.5) is 4.39 Å². The number of likely N-dealkylation sites (tertiary alicyclic amines) is 1. The molecule has 5 rings (SSSR count). The summed E-state index contributed by atoms with van der Waals surface area (Å²) in [7, 11) is 1.54. The number of carbonyl (C=O) groups excluding carboxylic acids is 4. The molecule has 2 aromatic rings. The van der Waals surface area contributed by atoms with Crippen molar-refractivity contribution in [1.29, 1.82) is 0 Å². The van der Waals surface area contributed by atoms with Gasteiger partial charge >= 0.3 is 0 Å². The van der Waals surface area contributed by atoms with Gasteiger partial charge in [0.2, 0.25) is 23.6 Å². The molecular weight excluding hydrogens is 465 g/mol. The van der Waals surface area contributed by atoms with Crippen LogP contribution in [0, 0.1) is 5.82 Å². The zero-order valence-electron chi connectivity index (χ0n) is 20.1. The van der Waals surface area contributed by atoms with Gasteiger partial charge in [-0.05, 0) is 48.2 Å². The molecule has 1 atom stereocenters. The van der Waals surface area contributed by atoms with Gasteiger partial charge in [-0.25, -0.2) is 4.39 Å². The Morgan fingerprint density at radius 1 is 1.06 bits per heavy atom. The molecule has 0 aromatic heterocycles. The second-order valence-electron chi connectivity index (χ2n) is 9.72. The maximum atomic E-state index is 13.6. The molecule has 0 N–H and O–H groups in total. The second kappa shape index (κ2) is 9.37. The molecule has 188 valence electrons. The van der Waals surface area contributed by atoms with Crippen molar-refractivity contribution in [2.45, 2.75) is 43.7 Å². The Hall–Kier alpha value is -3.75. The average molecular weight is 494 g/mol. The minimum Gasteiger partial charge on any atom is -0.497 e. The van der Waals surface area contributed by atoms with Crippen molar-refractivity contribution in [2.75, 3.05) is 26.7 Å². The number of halogens is 1. The van der Waals surface area contributed by atoms with Gasteiger partial charge in [-0.1, -0.05) is 24.3 Å². The van der Waals surface area contributed by atoms with Crippen molar-refractivity contribution in [3.05, 3.63) is 65.5 Å². The molecule has 2 aromatic carbocycles. The SMILES string of the molecule is COc1ccc([C@]2(CC(=O)N3CCN(Cc4cccc(F)c4)C(=O)C3)CC(=O)N(C3CC3)C2=O)cc1. The number of benzene rings is 2. The molecule has 4 amide bonds. The Morgan fingerprint density at radius 3 is 2.44 bits per heavy atom. The predicted octanol–water partition coefficient (Wildman–Crippen LogP) is 2.25. The van der Waals surface area contributed by atoms with Crippen LogP contribution in [-0.4, -0.2) is 71.1 Å². The van der Waals surface area contributed by atoms with Gasteiger partial charge in [-0.3, -0.25) is 24.1 Å². The third kappa shape index (κ3) is 4.45. The lowest BCUT2D eigenvalue weighted by atomic mass is 9.75. The Bertz CT molecular complexity index is 1210. The molecule has 0 unspecified atom stereocenters. The summed E-state index contributed by atoms with van der Waals surface area (Å²) in [5.41, 5.74) is -0.0313. The van der Waals surface area contributed by atoms with E-state index in [4.69, 9.17) is 4.74 Å². The quantitative estimate of drug-likeness (QED) is 0.553. The number of amides is 4. The number of carbonyl (C=O) groups is 4. The molecule has 2 heterocycles. The van der Waals surface area contributed by atoms with Crippen LogP contribution in [0.5, 0.6) is 5.75 Å². The summed E-state index contributed by atoms with van der Waals surface area (Å²) in [5, 5.41) is 0.